The van der Waals surface area contributed by atoms with Crippen LogP contribution < -0.4 is 11.1 Å². The van der Waals surface area contributed by atoms with Crippen molar-refractivity contribution in [2.24, 2.45) is 0 Å². The summed E-state index contributed by atoms with van der Waals surface area (Å²) in [4.78, 5) is 23.0. The monoisotopic (exact) mass is 431 g/mol. The maximum atomic E-state index is 10.7. The number of nitro groups is 1. The third kappa shape index (κ3) is 3.98. The van der Waals surface area contributed by atoms with Gasteiger partial charge in [0.2, 0.25) is 5.95 Å². The first-order valence-electron chi connectivity index (χ1n) is 9.48. The Morgan fingerprint density at radius 2 is 1.97 bits per heavy atom. The SMILES string of the molecule is Nc1nc(NCCc2ccc([N+](=O)[O-])cc2)nc2c1ncn2[C@@H]1O[C@H](CO)[C@@H](O)[C@H]1O. The van der Waals surface area contributed by atoms with Crippen LogP contribution >= 0.6 is 0 Å². The Balaban J connectivity index is 1.50. The van der Waals surface area contributed by atoms with Crippen LogP contribution in [0.5, 0.6) is 0 Å². The van der Waals surface area contributed by atoms with Gasteiger partial charge in [-0.1, -0.05) is 12.1 Å². The van der Waals surface area contributed by atoms with Gasteiger partial charge in [0.1, 0.15) is 23.8 Å². The molecule has 0 bridgehead atoms. The van der Waals surface area contributed by atoms with E-state index in [0.717, 1.165) is 5.56 Å². The van der Waals surface area contributed by atoms with Crippen molar-refractivity contribution in [1.29, 1.82) is 0 Å². The number of nitrogen functional groups attached to an aromatic ring is 1. The van der Waals surface area contributed by atoms with Gasteiger partial charge in [0, 0.05) is 18.7 Å². The molecule has 31 heavy (non-hydrogen) atoms. The van der Waals surface area contributed by atoms with Crippen LogP contribution in [0.4, 0.5) is 17.5 Å². The van der Waals surface area contributed by atoms with Gasteiger partial charge in [0.25, 0.3) is 5.69 Å². The normalized spacial score (nSPS) is 23.3. The van der Waals surface area contributed by atoms with E-state index in [4.69, 9.17) is 10.5 Å². The Bertz CT molecular complexity index is 1090. The number of aliphatic hydroxyl groups is 3. The zero-order valence-electron chi connectivity index (χ0n) is 16.2. The number of aromatic nitrogens is 4. The third-order valence-electron chi connectivity index (χ3n) is 5.08. The summed E-state index contributed by atoms with van der Waals surface area (Å²) < 4.78 is 6.97. The first-order valence-corrected chi connectivity index (χ1v) is 9.48. The van der Waals surface area contributed by atoms with Gasteiger partial charge < -0.3 is 31.1 Å². The average Bonchev–Trinajstić information content (AvgIpc) is 3.30. The molecule has 1 aliphatic heterocycles. The van der Waals surface area contributed by atoms with Crippen LogP contribution in [0, 0.1) is 10.1 Å². The molecule has 1 saturated heterocycles. The van der Waals surface area contributed by atoms with Gasteiger partial charge >= 0.3 is 0 Å². The second-order valence-electron chi connectivity index (χ2n) is 7.09. The third-order valence-corrected chi connectivity index (χ3v) is 5.08. The summed E-state index contributed by atoms with van der Waals surface area (Å²) in [7, 11) is 0. The van der Waals surface area contributed by atoms with Crippen molar-refractivity contribution in [2.75, 3.05) is 24.2 Å². The number of benzene rings is 1. The van der Waals surface area contributed by atoms with E-state index in [2.05, 4.69) is 20.3 Å². The maximum Gasteiger partial charge on any atom is 0.269 e. The van der Waals surface area contributed by atoms with Crippen molar-refractivity contribution < 1.29 is 25.0 Å². The number of hydrogen-bond acceptors (Lipinski definition) is 11. The van der Waals surface area contributed by atoms with Crippen molar-refractivity contribution in [3.8, 4) is 0 Å². The van der Waals surface area contributed by atoms with Gasteiger partial charge in [-0.25, -0.2) is 4.98 Å². The van der Waals surface area contributed by atoms with Gasteiger partial charge in [-0.15, -0.1) is 0 Å². The molecule has 13 nitrogen and oxygen atoms in total. The number of ether oxygens (including phenoxy) is 1. The minimum atomic E-state index is -1.29. The molecule has 4 atom stereocenters. The smallest absolute Gasteiger partial charge is 0.269 e. The molecular formula is C18H21N7O6. The highest BCUT2D eigenvalue weighted by Gasteiger charge is 2.44. The van der Waals surface area contributed by atoms with Crippen LogP contribution in [-0.4, -0.2) is 71.2 Å². The fraction of sp³-hybridized carbons (Fsp3) is 0.389. The number of rotatable bonds is 7. The molecule has 3 heterocycles. The molecule has 1 aromatic carbocycles. The van der Waals surface area contributed by atoms with Crippen molar-refractivity contribution in [1.82, 2.24) is 19.5 Å². The van der Waals surface area contributed by atoms with Gasteiger partial charge in [-0.2, -0.15) is 9.97 Å². The van der Waals surface area contributed by atoms with Gasteiger partial charge in [0.05, 0.1) is 17.9 Å². The Labute approximate surface area is 175 Å². The van der Waals surface area contributed by atoms with Crippen LogP contribution in [0.3, 0.4) is 0 Å². The quantitative estimate of drug-likeness (QED) is 0.241. The van der Waals surface area contributed by atoms with Crippen LogP contribution in [0.25, 0.3) is 11.2 Å². The van der Waals surface area contributed by atoms with Gasteiger partial charge in [-0.3, -0.25) is 14.7 Å². The van der Waals surface area contributed by atoms with Crippen molar-refractivity contribution in [3.63, 3.8) is 0 Å². The molecule has 3 aromatic rings. The highest BCUT2D eigenvalue weighted by molar-refractivity contribution is 5.83. The minimum Gasteiger partial charge on any atom is -0.394 e. The summed E-state index contributed by atoms with van der Waals surface area (Å²) in [6.07, 6.45) is -2.55. The summed E-state index contributed by atoms with van der Waals surface area (Å²) in [5, 5.41) is 43.4. The molecule has 0 spiro atoms. The van der Waals surface area contributed by atoms with E-state index in [1.165, 1.54) is 23.0 Å². The summed E-state index contributed by atoms with van der Waals surface area (Å²) in [5.41, 5.74) is 7.50. The number of imidazole rings is 1. The fourth-order valence-electron chi connectivity index (χ4n) is 3.42. The standard InChI is InChI=1S/C18H21N7O6/c19-15-12-16(24(8-21-12)17-14(28)13(27)11(7-26)31-17)23-18(22-15)20-6-5-9-1-3-10(4-2-9)25(29)30/h1-4,8,11,13-14,17,26-28H,5-7H2,(H3,19,20,22,23)/t11-,13-,14-,17-/m1/s1. The predicted octanol–water partition coefficient (Wildman–Crippen LogP) is -0.417. The van der Waals surface area contributed by atoms with E-state index in [9.17, 15) is 25.4 Å². The Hall–Kier alpha value is -3.39. The van der Waals surface area contributed by atoms with E-state index in [1.54, 1.807) is 12.1 Å². The van der Waals surface area contributed by atoms with Crippen molar-refractivity contribution >= 4 is 28.6 Å². The lowest BCUT2D eigenvalue weighted by atomic mass is 10.1. The van der Waals surface area contributed by atoms with Gasteiger partial charge in [0.15, 0.2) is 17.7 Å². The molecule has 0 radical (unpaired) electrons. The molecule has 0 unspecified atom stereocenters. The number of nitrogens with two attached hydrogens (primary N) is 1. The first kappa shape index (κ1) is 20.9. The molecule has 0 saturated carbocycles. The largest absolute Gasteiger partial charge is 0.394 e. The second-order valence-corrected chi connectivity index (χ2v) is 7.09. The minimum absolute atomic E-state index is 0.0244. The topological polar surface area (TPSA) is 195 Å². The molecule has 2 aromatic heterocycles. The van der Waals surface area contributed by atoms with E-state index in [-0.39, 0.29) is 17.5 Å². The van der Waals surface area contributed by atoms with Crippen molar-refractivity contribution in [3.05, 3.63) is 46.3 Å². The number of fused-ring (bicyclic) bond motifs is 1. The van der Waals surface area contributed by atoms with Crippen LogP contribution in [0.15, 0.2) is 30.6 Å². The molecule has 0 amide bonds. The summed E-state index contributed by atoms with van der Waals surface area (Å²) in [6.45, 7) is -0.0152. The van der Waals surface area contributed by atoms with E-state index >= 15 is 0 Å². The van der Waals surface area contributed by atoms with Crippen LogP contribution in [-0.2, 0) is 11.2 Å². The van der Waals surface area contributed by atoms with Crippen LogP contribution in [0.1, 0.15) is 11.8 Å². The summed E-state index contributed by atoms with van der Waals surface area (Å²) in [5.74, 6) is 0.341. The first-order chi connectivity index (χ1) is 14.9. The fourth-order valence-corrected chi connectivity index (χ4v) is 3.42. The molecular weight excluding hydrogens is 410 g/mol. The number of hydrogen-bond donors (Lipinski definition) is 5. The molecule has 0 aliphatic carbocycles. The zero-order chi connectivity index (χ0) is 22.1. The summed E-state index contributed by atoms with van der Waals surface area (Å²) >= 11 is 0. The zero-order valence-corrected chi connectivity index (χ0v) is 16.2. The molecule has 13 heteroatoms. The number of aliphatic hydroxyl groups excluding tert-OH is 3. The molecule has 1 aliphatic rings. The number of anilines is 2. The molecule has 164 valence electrons. The van der Waals surface area contributed by atoms with Gasteiger partial charge in [-0.05, 0) is 12.0 Å². The van der Waals surface area contributed by atoms with Crippen molar-refractivity contribution in [2.45, 2.75) is 31.0 Å². The van der Waals surface area contributed by atoms with E-state index < -0.39 is 36.1 Å². The van der Waals surface area contributed by atoms with E-state index in [1.807, 2.05) is 0 Å². The highest BCUT2D eigenvalue weighted by atomic mass is 16.6. The molecule has 6 N–H and O–H groups in total. The highest BCUT2D eigenvalue weighted by Crippen LogP contribution is 2.32. The maximum absolute atomic E-state index is 10.7. The number of nitrogens with zero attached hydrogens (tertiary/aromatic N) is 5. The average molecular weight is 431 g/mol. The number of non-ortho nitro benzene ring substituents is 1. The lowest BCUT2D eigenvalue weighted by Crippen LogP contribution is -2.33. The number of nitrogens with one attached hydrogen (secondary N) is 1. The van der Waals surface area contributed by atoms with Crippen LogP contribution in [0.2, 0.25) is 0 Å². The number of nitro benzene ring substituents is 1. The Morgan fingerprint density at radius 1 is 1.23 bits per heavy atom. The molecule has 1 fully saturated rings. The lowest BCUT2D eigenvalue weighted by molar-refractivity contribution is -0.384. The molecule has 4 rings (SSSR count). The Kier molecular flexibility index (Phi) is 5.65. The predicted molar refractivity (Wildman–Crippen MR) is 108 cm³/mol. The second kappa shape index (κ2) is 8.39. The van der Waals surface area contributed by atoms with E-state index in [0.29, 0.717) is 24.1 Å². The Morgan fingerprint density at radius 3 is 2.61 bits per heavy atom. The summed E-state index contributed by atoms with van der Waals surface area (Å²) in [6, 6.07) is 6.23. The lowest BCUT2D eigenvalue weighted by Gasteiger charge is -2.16.